The van der Waals surface area contributed by atoms with Gasteiger partial charge in [0.2, 0.25) is 0 Å². The van der Waals surface area contributed by atoms with Crippen LogP contribution in [0.4, 0.5) is 26.4 Å². The van der Waals surface area contributed by atoms with E-state index in [0.29, 0.717) is 54.0 Å². The van der Waals surface area contributed by atoms with Crippen LogP contribution in [-0.4, -0.2) is 53.1 Å². The molecule has 2 aliphatic heterocycles. The Kier molecular flexibility index (Phi) is 6.67. The quantitative estimate of drug-likeness (QED) is 0.360. The largest absolute Gasteiger partial charge is 0.493 e. The molecule has 1 N–H and O–H groups in total. The van der Waals surface area contributed by atoms with E-state index in [-0.39, 0.29) is 33.6 Å². The topological polar surface area (TPSA) is 96.9 Å². The van der Waals surface area contributed by atoms with Gasteiger partial charge in [0.15, 0.2) is 23.1 Å². The van der Waals surface area contributed by atoms with Gasteiger partial charge in [-0.2, -0.15) is 0 Å². The number of benzene rings is 2. The molecule has 190 valence electrons. The number of carbonyl (C=O) groups excluding carboxylic acids is 2. The Morgan fingerprint density at radius 2 is 2.00 bits per heavy atom. The minimum Gasteiger partial charge on any atom is -0.493 e. The fourth-order valence-corrected chi connectivity index (χ4v) is 4.73. The first-order chi connectivity index (χ1) is 17.8. The minimum absolute atomic E-state index is 0.0171. The third-order valence-electron chi connectivity index (χ3n) is 6.19. The average molecular weight is 544 g/mol. The third kappa shape index (κ3) is 4.34. The van der Waals surface area contributed by atoms with Gasteiger partial charge in [-0.15, -0.1) is 0 Å². The standard InChI is InChI=1S/C25H20Cl2FN5O4/c1-3-4-18(34)32-9-7-13(8-10-32)37-23-17(36-2)11-15-19-22(23)31-25(35)33(24(19)30-12-29-15)16-6-5-14(26)20(27)21(16)28/h5-6,11-13H,7-10H2,1-2H3,(H,31,35). The van der Waals surface area contributed by atoms with Crippen molar-refractivity contribution < 1.29 is 23.5 Å². The molecule has 9 nitrogen and oxygen atoms in total. The summed E-state index contributed by atoms with van der Waals surface area (Å²) in [6.45, 7) is 2.58. The number of methoxy groups -OCH3 is 1. The van der Waals surface area contributed by atoms with Crippen LogP contribution in [-0.2, 0) is 4.79 Å². The van der Waals surface area contributed by atoms with Gasteiger partial charge in [0, 0.05) is 32.0 Å². The molecule has 2 aliphatic rings. The van der Waals surface area contributed by atoms with E-state index < -0.39 is 11.8 Å². The van der Waals surface area contributed by atoms with Crippen molar-refractivity contribution in [3.8, 4) is 23.3 Å². The first-order valence-corrected chi connectivity index (χ1v) is 12.1. The highest BCUT2D eigenvalue weighted by atomic mass is 35.5. The van der Waals surface area contributed by atoms with Crippen LogP contribution in [0.3, 0.4) is 0 Å². The smallest absolute Gasteiger partial charge is 0.332 e. The molecule has 3 aromatic rings. The van der Waals surface area contributed by atoms with E-state index in [9.17, 15) is 9.59 Å². The van der Waals surface area contributed by atoms with Crippen LogP contribution >= 0.6 is 23.2 Å². The first-order valence-electron chi connectivity index (χ1n) is 11.3. The Labute approximate surface area is 221 Å². The zero-order valence-electron chi connectivity index (χ0n) is 19.8. The number of likely N-dealkylation sites (tertiary alicyclic amines) is 1. The predicted octanol–water partition coefficient (Wildman–Crippen LogP) is 5.16. The summed E-state index contributed by atoms with van der Waals surface area (Å²) in [4.78, 5) is 36.8. The first kappa shape index (κ1) is 24.9. The minimum atomic E-state index is -0.862. The summed E-state index contributed by atoms with van der Waals surface area (Å²) in [7, 11) is 1.48. The summed E-state index contributed by atoms with van der Waals surface area (Å²) >= 11 is 11.9. The van der Waals surface area contributed by atoms with Gasteiger partial charge in [0.25, 0.3) is 5.91 Å². The van der Waals surface area contributed by atoms with Crippen LogP contribution < -0.4 is 19.7 Å². The van der Waals surface area contributed by atoms with Crippen LogP contribution in [0.25, 0.3) is 10.9 Å². The summed E-state index contributed by atoms with van der Waals surface area (Å²) in [5.74, 6) is 4.89. The summed E-state index contributed by atoms with van der Waals surface area (Å²) < 4.78 is 27.0. The number of nitrogens with zero attached hydrogens (tertiary/aromatic N) is 4. The van der Waals surface area contributed by atoms with Gasteiger partial charge >= 0.3 is 6.03 Å². The van der Waals surface area contributed by atoms with E-state index >= 15 is 4.39 Å². The molecule has 5 rings (SSSR count). The third-order valence-corrected chi connectivity index (χ3v) is 6.97. The van der Waals surface area contributed by atoms with Crippen LogP contribution in [0.1, 0.15) is 19.8 Å². The van der Waals surface area contributed by atoms with Crippen molar-refractivity contribution in [3.63, 3.8) is 0 Å². The van der Waals surface area contributed by atoms with Crippen LogP contribution in [0.5, 0.6) is 11.5 Å². The second-order valence-corrected chi connectivity index (χ2v) is 9.10. The summed E-state index contributed by atoms with van der Waals surface area (Å²) in [5.41, 5.74) is 0.637. The molecule has 0 bridgehead atoms. The van der Waals surface area contributed by atoms with Gasteiger partial charge < -0.3 is 19.7 Å². The number of hydrogen-bond donors (Lipinski definition) is 1. The van der Waals surface area contributed by atoms with E-state index in [4.69, 9.17) is 32.7 Å². The Morgan fingerprint density at radius 3 is 2.70 bits per heavy atom. The molecule has 0 radical (unpaired) electrons. The lowest BCUT2D eigenvalue weighted by Crippen LogP contribution is -2.41. The molecule has 0 saturated carbocycles. The highest BCUT2D eigenvalue weighted by molar-refractivity contribution is 6.42. The Bertz CT molecular complexity index is 1500. The highest BCUT2D eigenvalue weighted by Gasteiger charge is 2.35. The molecule has 1 aromatic heterocycles. The van der Waals surface area contributed by atoms with Gasteiger partial charge in [-0.25, -0.2) is 24.1 Å². The zero-order chi connectivity index (χ0) is 26.3. The number of halogens is 3. The molecule has 1 saturated heterocycles. The number of aromatic nitrogens is 2. The van der Waals surface area contributed by atoms with Crippen molar-refractivity contribution in [2.45, 2.75) is 25.9 Å². The van der Waals surface area contributed by atoms with Gasteiger partial charge in [-0.05, 0) is 25.0 Å². The molecule has 0 unspecified atom stereocenters. The van der Waals surface area contributed by atoms with Crippen molar-refractivity contribution in [1.29, 1.82) is 0 Å². The maximum absolute atomic E-state index is 15.1. The molecule has 12 heteroatoms. The molecule has 3 amide bonds. The summed E-state index contributed by atoms with van der Waals surface area (Å²) in [6.07, 6.45) is 2.14. The number of hydrogen-bond acceptors (Lipinski definition) is 6. The zero-order valence-corrected chi connectivity index (χ0v) is 21.3. The predicted molar refractivity (Wildman–Crippen MR) is 137 cm³/mol. The van der Waals surface area contributed by atoms with E-state index in [1.807, 2.05) is 0 Å². The normalized spacial score (nSPS) is 15.2. The van der Waals surface area contributed by atoms with Crippen LogP contribution in [0.15, 0.2) is 24.5 Å². The average Bonchev–Trinajstić information content (AvgIpc) is 2.90. The van der Waals surface area contributed by atoms with Gasteiger partial charge in [0.1, 0.15) is 18.1 Å². The maximum Gasteiger partial charge on any atom is 0.332 e. The number of ether oxygens (including phenoxy) is 2. The summed E-state index contributed by atoms with van der Waals surface area (Å²) in [6, 6.07) is 3.73. The van der Waals surface area contributed by atoms with E-state index in [1.54, 1.807) is 17.9 Å². The molecule has 0 spiro atoms. The second-order valence-electron chi connectivity index (χ2n) is 8.32. The molecular weight excluding hydrogens is 524 g/mol. The van der Waals surface area contributed by atoms with E-state index in [1.165, 1.54) is 25.6 Å². The van der Waals surface area contributed by atoms with Gasteiger partial charge in [-0.3, -0.25) is 4.79 Å². The van der Waals surface area contributed by atoms with E-state index in [0.717, 1.165) is 4.90 Å². The molecule has 2 aromatic carbocycles. The lowest BCUT2D eigenvalue weighted by atomic mass is 10.1. The number of carbonyl (C=O) groups is 2. The molecule has 0 aliphatic carbocycles. The van der Waals surface area contributed by atoms with Crippen molar-refractivity contribution >= 4 is 63.2 Å². The molecule has 1 fully saturated rings. The van der Waals surface area contributed by atoms with Crippen molar-refractivity contribution in [2.75, 3.05) is 30.4 Å². The number of piperidine rings is 1. The second kappa shape index (κ2) is 9.92. The maximum atomic E-state index is 15.1. The molecule has 37 heavy (non-hydrogen) atoms. The molecule has 0 atom stereocenters. The van der Waals surface area contributed by atoms with Crippen molar-refractivity contribution in [3.05, 3.63) is 40.4 Å². The lowest BCUT2D eigenvalue weighted by Gasteiger charge is -2.33. The number of anilines is 3. The highest BCUT2D eigenvalue weighted by Crippen LogP contribution is 2.49. The van der Waals surface area contributed by atoms with Crippen LogP contribution in [0.2, 0.25) is 10.0 Å². The Balaban J connectivity index is 1.56. The Hall–Kier alpha value is -3.81. The number of rotatable bonds is 4. The number of urea groups is 1. The number of amides is 3. The SMILES string of the molecule is CC#CC(=O)N1CCC(Oc2c(OC)cc3ncnc4c3c2NC(=O)N4c2ccc(Cl)c(Cl)c2F)CC1. The lowest BCUT2D eigenvalue weighted by molar-refractivity contribution is -0.126. The molecule has 3 heterocycles. The molecular formula is C25H20Cl2FN5O4. The monoisotopic (exact) mass is 543 g/mol. The Morgan fingerprint density at radius 1 is 1.24 bits per heavy atom. The summed E-state index contributed by atoms with van der Waals surface area (Å²) in [5, 5.41) is 2.93. The van der Waals surface area contributed by atoms with Crippen molar-refractivity contribution in [1.82, 2.24) is 14.9 Å². The number of nitrogens with one attached hydrogen (secondary N) is 1. The van der Waals surface area contributed by atoms with Gasteiger partial charge in [-0.1, -0.05) is 29.1 Å². The van der Waals surface area contributed by atoms with Crippen LogP contribution in [0, 0.1) is 17.7 Å². The van der Waals surface area contributed by atoms with E-state index in [2.05, 4.69) is 27.1 Å². The van der Waals surface area contributed by atoms with Crippen molar-refractivity contribution in [2.24, 2.45) is 0 Å². The van der Waals surface area contributed by atoms with Gasteiger partial charge in [0.05, 0.1) is 33.7 Å². The fourth-order valence-electron chi connectivity index (χ4n) is 4.42. The fraction of sp³-hybridized carbons (Fsp3) is 0.280.